The van der Waals surface area contributed by atoms with Crippen LogP contribution in [0.25, 0.3) is 0 Å². The minimum absolute atomic E-state index is 0.118. The smallest absolute Gasteiger partial charge is 0.164 e. The Kier molecular flexibility index (Phi) is 2.11. The zero-order chi connectivity index (χ0) is 10.2. The van der Waals surface area contributed by atoms with Gasteiger partial charge < -0.3 is 14.9 Å². The average Bonchev–Trinajstić information content (AvgIpc) is 2.98. The van der Waals surface area contributed by atoms with E-state index in [2.05, 4.69) is 0 Å². The molecule has 0 radical (unpaired) electrons. The number of aliphatic hydroxyl groups excluding tert-OH is 1. The van der Waals surface area contributed by atoms with Crippen LogP contribution in [0.1, 0.15) is 18.4 Å². The van der Waals surface area contributed by atoms with Gasteiger partial charge in [0.1, 0.15) is 0 Å². The van der Waals surface area contributed by atoms with Crippen molar-refractivity contribution in [3.8, 4) is 11.5 Å². The maximum Gasteiger partial charge on any atom is 0.164 e. The molecule has 0 aromatic heterocycles. The summed E-state index contributed by atoms with van der Waals surface area (Å²) in [5.41, 5.74) is 0.756. The zero-order valence-corrected chi connectivity index (χ0v) is 8.16. The molecule has 1 aliphatic carbocycles. The normalized spacial score (nSPS) is 17.9. The first-order chi connectivity index (χ1) is 6.73. The molecular formula is C11H14O3. The molecule has 1 aromatic rings. The van der Waals surface area contributed by atoms with Crippen LogP contribution < -0.4 is 4.74 Å². The summed E-state index contributed by atoms with van der Waals surface area (Å²) in [6.45, 7) is 0.118. The summed E-state index contributed by atoms with van der Waals surface area (Å²) in [5.74, 6) is 0.642. The van der Waals surface area contributed by atoms with Crippen molar-refractivity contribution in [3.05, 3.63) is 23.8 Å². The van der Waals surface area contributed by atoms with Gasteiger partial charge in [-0.3, -0.25) is 0 Å². The fraction of sp³-hybridized carbons (Fsp3) is 0.455. The monoisotopic (exact) mass is 194 g/mol. The van der Waals surface area contributed by atoms with E-state index in [1.807, 2.05) is 6.07 Å². The molecule has 1 aliphatic rings. The van der Waals surface area contributed by atoms with Crippen LogP contribution >= 0.6 is 0 Å². The number of ether oxygens (including phenoxy) is 1. The molecule has 0 atom stereocenters. The third-order valence-corrected chi connectivity index (χ3v) is 2.93. The summed E-state index contributed by atoms with van der Waals surface area (Å²) >= 11 is 0. The number of aromatic hydroxyl groups is 1. The molecule has 0 aliphatic heterocycles. The Morgan fingerprint density at radius 2 is 2.14 bits per heavy atom. The number of benzene rings is 1. The highest BCUT2D eigenvalue weighted by molar-refractivity contribution is 5.51. The Hall–Kier alpha value is -1.22. The van der Waals surface area contributed by atoms with Gasteiger partial charge in [-0.25, -0.2) is 0 Å². The number of rotatable bonds is 3. The first-order valence-corrected chi connectivity index (χ1v) is 4.71. The van der Waals surface area contributed by atoms with Crippen LogP contribution in [0.5, 0.6) is 11.5 Å². The maximum atomic E-state index is 9.57. The lowest BCUT2D eigenvalue weighted by Gasteiger charge is -2.16. The number of hydrogen-bond acceptors (Lipinski definition) is 3. The molecule has 14 heavy (non-hydrogen) atoms. The third-order valence-electron chi connectivity index (χ3n) is 2.93. The molecule has 2 N–H and O–H groups in total. The van der Waals surface area contributed by atoms with Crippen molar-refractivity contribution in [1.82, 2.24) is 0 Å². The standard InChI is InChI=1S/C11H14O3/c1-14-10-8(3-2-4-9(10)13)11(7-12)5-6-11/h2-4,12-13H,5-7H2,1H3. The van der Waals surface area contributed by atoms with Gasteiger partial charge in [-0.1, -0.05) is 12.1 Å². The lowest BCUT2D eigenvalue weighted by molar-refractivity contribution is 0.250. The summed E-state index contributed by atoms with van der Waals surface area (Å²) < 4.78 is 5.14. The largest absolute Gasteiger partial charge is 0.504 e. The van der Waals surface area contributed by atoms with Crippen molar-refractivity contribution in [2.75, 3.05) is 13.7 Å². The highest BCUT2D eigenvalue weighted by Crippen LogP contribution is 2.52. The van der Waals surface area contributed by atoms with Crippen LogP contribution in [-0.2, 0) is 5.41 Å². The van der Waals surface area contributed by atoms with Crippen molar-refractivity contribution in [3.63, 3.8) is 0 Å². The Balaban J connectivity index is 2.47. The van der Waals surface area contributed by atoms with Crippen LogP contribution in [-0.4, -0.2) is 23.9 Å². The van der Waals surface area contributed by atoms with E-state index < -0.39 is 0 Å². The van der Waals surface area contributed by atoms with Gasteiger partial charge in [0.05, 0.1) is 13.7 Å². The third kappa shape index (κ3) is 1.24. The number of aliphatic hydroxyl groups is 1. The molecule has 0 bridgehead atoms. The van der Waals surface area contributed by atoms with E-state index in [4.69, 9.17) is 4.74 Å². The minimum atomic E-state index is -0.163. The lowest BCUT2D eigenvalue weighted by Crippen LogP contribution is -2.13. The fourth-order valence-electron chi connectivity index (χ4n) is 1.82. The molecule has 3 nitrogen and oxygen atoms in total. The van der Waals surface area contributed by atoms with Gasteiger partial charge in [0, 0.05) is 11.0 Å². The summed E-state index contributed by atoms with van der Waals surface area (Å²) in [7, 11) is 1.53. The number of phenolic OH excluding ortho intramolecular Hbond substituents is 1. The Bertz CT molecular complexity index is 342. The van der Waals surface area contributed by atoms with E-state index in [9.17, 15) is 10.2 Å². The summed E-state index contributed by atoms with van der Waals surface area (Å²) in [5, 5.41) is 18.9. The highest BCUT2D eigenvalue weighted by atomic mass is 16.5. The number of para-hydroxylation sites is 1. The molecule has 1 saturated carbocycles. The van der Waals surface area contributed by atoms with Crippen LogP contribution in [0.2, 0.25) is 0 Å². The van der Waals surface area contributed by atoms with E-state index in [-0.39, 0.29) is 17.8 Å². The van der Waals surface area contributed by atoms with Crippen LogP contribution in [0.4, 0.5) is 0 Å². The maximum absolute atomic E-state index is 9.57. The van der Waals surface area contributed by atoms with Crippen molar-refractivity contribution in [2.45, 2.75) is 18.3 Å². The van der Waals surface area contributed by atoms with Gasteiger partial charge in [0.15, 0.2) is 11.5 Å². The van der Waals surface area contributed by atoms with Crippen molar-refractivity contribution < 1.29 is 14.9 Å². The van der Waals surface area contributed by atoms with E-state index in [0.29, 0.717) is 5.75 Å². The van der Waals surface area contributed by atoms with E-state index in [1.165, 1.54) is 7.11 Å². The van der Waals surface area contributed by atoms with Gasteiger partial charge in [0.25, 0.3) is 0 Å². The molecular weight excluding hydrogens is 180 g/mol. The van der Waals surface area contributed by atoms with Crippen molar-refractivity contribution >= 4 is 0 Å². The van der Waals surface area contributed by atoms with Gasteiger partial charge >= 0.3 is 0 Å². The molecule has 3 heteroatoms. The van der Waals surface area contributed by atoms with Gasteiger partial charge in [-0.05, 0) is 18.9 Å². The number of phenols is 1. The number of methoxy groups -OCH3 is 1. The molecule has 0 saturated heterocycles. The summed E-state index contributed by atoms with van der Waals surface area (Å²) in [4.78, 5) is 0. The Morgan fingerprint density at radius 1 is 1.43 bits per heavy atom. The van der Waals surface area contributed by atoms with Gasteiger partial charge in [0.2, 0.25) is 0 Å². The van der Waals surface area contributed by atoms with E-state index in [0.717, 1.165) is 18.4 Å². The van der Waals surface area contributed by atoms with Crippen molar-refractivity contribution in [2.24, 2.45) is 0 Å². The first-order valence-electron chi connectivity index (χ1n) is 4.71. The summed E-state index contributed by atoms with van der Waals surface area (Å²) in [6, 6.07) is 5.28. The van der Waals surface area contributed by atoms with Crippen molar-refractivity contribution in [1.29, 1.82) is 0 Å². The topological polar surface area (TPSA) is 49.7 Å². The minimum Gasteiger partial charge on any atom is -0.504 e. The molecule has 0 amide bonds. The second-order valence-corrected chi connectivity index (χ2v) is 3.80. The molecule has 0 heterocycles. The lowest BCUT2D eigenvalue weighted by atomic mass is 9.95. The second-order valence-electron chi connectivity index (χ2n) is 3.80. The van der Waals surface area contributed by atoms with E-state index >= 15 is 0 Å². The zero-order valence-electron chi connectivity index (χ0n) is 8.16. The van der Waals surface area contributed by atoms with Crippen LogP contribution in [0, 0.1) is 0 Å². The van der Waals surface area contributed by atoms with Crippen LogP contribution in [0.3, 0.4) is 0 Å². The number of hydrogen-bond donors (Lipinski definition) is 2. The predicted molar refractivity (Wildman–Crippen MR) is 52.7 cm³/mol. The first kappa shape index (κ1) is 9.34. The molecule has 76 valence electrons. The molecule has 0 unspecified atom stereocenters. The SMILES string of the molecule is COc1c(O)cccc1C1(CO)CC1. The molecule has 1 aromatic carbocycles. The average molecular weight is 194 g/mol. The quantitative estimate of drug-likeness (QED) is 0.765. The molecule has 2 rings (SSSR count). The predicted octanol–water partition coefficient (Wildman–Crippen LogP) is 1.42. The Labute approximate surface area is 83.0 Å². The molecule has 1 fully saturated rings. The van der Waals surface area contributed by atoms with Gasteiger partial charge in [-0.2, -0.15) is 0 Å². The Morgan fingerprint density at radius 3 is 2.64 bits per heavy atom. The highest BCUT2D eigenvalue weighted by Gasteiger charge is 2.46. The van der Waals surface area contributed by atoms with E-state index in [1.54, 1.807) is 12.1 Å². The summed E-state index contributed by atoms with van der Waals surface area (Å²) in [6.07, 6.45) is 1.92. The van der Waals surface area contributed by atoms with Crippen LogP contribution in [0.15, 0.2) is 18.2 Å². The second kappa shape index (κ2) is 3.17. The molecule has 0 spiro atoms. The van der Waals surface area contributed by atoms with Gasteiger partial charge in [-0.15, -0.1) is 0 Å². The fourth-order valence-corrected chi connectivity index (χ4v) is 1.82.